The monoisotopic (exact) mass is 303 g/mol. The molecule has 2 rings (SSSR count). The number of methoxy groups -OCH3 is 2. The van der Waals surface area contributed by atoms with Gasteiger partial charge in [0.25, 0.3) is 5.91 Å². The van der Waals surface area contributed by atoms with Gasteiger partial charge in [-0.3, -0.25) is 9.48 Å². The lowest BCUT2D eigenvalue weighted by molar-refractivity contribution is 0.0938. The molecule has 0 radical (unpaired) electrons. The Morgan fingerprint density at radius 2 is 2.00 bits per heavy atom. The van der Waals surface area contributed by atoms with E-state index < -0.39 is 0 Å². The molecule has 1 heterocycles. The number of carbonyl (C=O) groups excluding carboxylic acids is 1. The van der Waals surface area contributed by atoms with Crippen LogP contribution in [0.4, 0.5) is 0 Å². The van der Waals surface area contributed by atoms with Gasteiger partial charge < -0.3 is 14.8 Å². The fraction of sp³-hybridized carbons (Fsp3) is 0.375. The molecule has 118 valence electrons. The van der Waals surface area contributed by atoms with Crippen molar-refractivity contribution in [3.8, 4) is 11.5 Å². The van der Waals surface area contributed by atoms with Crippen LogP contribution in [-0.4, -0.2) is 29.9 Å². The van der Waals surface area contributed by atoms with Crippen LogP contribution in [0.5, 0.6) is 11.5 Å². The van der Waals surface area contributed by atoms with E-state index in [1.54, 1.807) is 32.4 Å². The molecule has 0 spiro atoms. The predicted molar refractivity (Wildman–Crippen MR) is 83.3 cm³/mol. The maximum Gasteiger partial charge on any atom is 0.251 e. The highest BCUT2D eigenvalue weighted by Crippen LogP contribution is 2.27. The first kappa shape index (κ1) is 15.9. The summed E-state index contributed by atoms with van der Waals surface area (Å²) in [6, 6.07) is 6.81. The van der Waals surface area contributed by atoms with Gasteiger partial charge in [0, 0.05) is 18.3 Å². The van der Waals surface area contributed by atoms with Gasteiger partial charge in [0.15, 0.2) is 11.5 Å². The van der Waals surface area contributed by atoms with Gasteiger partial charge in [-0.1, -0.05) is 0 Å². The Morgan fingerprint density at radius 3 is 2.59 bits per heavy atom. The Hall–Kier alpha value is -2.50. The van der Waals surface area contributed by atoms with Crippen LogP contribution in [0.25, 0.3) is 0 Å². The Morgan fingerprint density at radius 1 is 1.27 bits per heavy atom. The van der Waals surface area contributed by atoms with E-state index in [-0.39, 0.29) is 11.9 Å². The molecule has 0 saturated carbocycles. The Balaban J connectivity index is 2.11. The number of amides is 1. The second-order valence-corrected chi connectivity index (χ2v) is 4.86. The molecule has 0 aliphatic rings. The van der Waals surface area contributed by atoms with Crippen molar-refractivity contribution in [1.29, 1.82) is 0 Å². The molecular formula is C16H21N3O3. The smallest absolute Gasteiger partial charge is 0.251 e. The summed E-state index contributed by atoms with van der Waals surface area (Å²) in [6.07, 6.45) is 1.90. The van der Waals surface area contributed by atoms with Gasteiger partial charge >= 0.3 is 0 Å². The van der Waals surface area contributed by atoms with Gasteiger partial charge in [0.2, 0.25) is 0 Å². The molecule has 1 aromatic carbocycles. The van der Waals surface area contributed by atoms with Gasteiger partial charge in [0.1, 0.15) is 0 Å². The summed E-state index contributed by atoms with van der Waals surface area (Å²) < 4.78 is 12.2. The van der Waals surface area contributed by atoms with Gasteiger partial charge in [-0.2, -0.15) is 5.10 Å². The molecule has 1 amide bonds. The molecule has 1 unspecified atom stereocenters. The second kappa shape index (κ2) is 6.98. The van der Waals surface area contributed by atoms with Gasteiger partial charge in [-0.05, 0) is 38.1 Å². The molecule has 6 nitrogen and oxygen atoms in total. The van der Waals surface area contributed by atoms with Crippen molar-refractivity contribution in [2.24, 2.45) is 0 Å². The van der Waals surface area contributed by atoms with Crippen LogP contribution < -0.4 is 14.8 Å². The van der Waals surface area contributed by atoms with Crippen molar-refractivity contribution in [2.45, 2.75) is 26.4 Å². The highest BCUT2D eigenvalue weighted by atomic mass is 16.5. The molecule has 0 bridgehead atoms. The van der Waals surface area contributed by atoms with Crippen LogP contribution in [-0.2, 0) is 6.54 Å². The zero-order valence-electron chi connectivity index (χ0n) is 13.3. The van der Waals surface area contributed by atoms with E-state index in [0.717, 1.165) is 12.2 Å². The van der Waals surface area contributed by atoms with Crippen molar-refractivity contribution in [3.63, 3.8) is 0 Å². The number of carbonyl (C=O) groups is 1. The minimum atomic E-state index is -0.181. The standard InChI is InChI=1S/C16H21N3O3/c1-5-19-9-8-13(18-19)11(2)17-16(20)12-6-7-14(21-3)15(10-12)22-4/h6-11H,5H2,1-4H3,(H,17,20). The van der Waals surface area contributed by atoms with Crippen LogP contribution in [0.15, 0.2) is 30.5 Å². The molecule has 2 aromatic rings. The van der Waals surface area contributed by atoms with Crippen LogP contribution in [0.2, 0.25) is 0 Å². The van der Waals surface area contributed by atoms with Gasteiger partial charge in [-0.15, -0.1) is 0 Å². The average molecular weight is 303 g/mol. The number of aryl methyl sites for hydroxylation is 1. The van der Waals surface area contributed by atoms with E-state index in [4.69, 9.17) is 9.47 Å². The molecule has 1 atom stereocenters. The summed E-state index contributed by atoms with van der Waals surface area (Å²) >= 11 is 0. The summed E-state index contributed by atoms with van der Waals surface area (Å²) in [5.74, 6) is 0.936. The molecule has 22 heavy (non-hydrogen) atoms. The van der Waals surface area contributed by atoms with Gasteiger partial charge in [-0.25, -0.2) is 0 Å². The van der Waals surface area contributed by atoms with E-state index in [1.165, 1.54) is 0 Å². The van der Waals surface area contributed by atoms with Crippen LogP contribution in [0.3, 0.4) is 0 Å². The highest BCUT2D eigenvalue weighted by molar-refractivity contribution is 5.95. The Kier molecular flexibility index (Phi) is 5.04. The van der Waals surface area contributed by atoms with E-state index in [1.807, 2.05) is 30.8 Å². The average Bonchev–Trinajstić information content (AvgIpc) is 3.03. The number of rotatable bonds is 6. The number of aromatic nitrogens is 2. The Labute approximate surface area is 130 Å². The highest BCUT2D eigenvalue weighted by Gasteiger charge is 2.15. The number of nitrogens with zero attached hydrogens (tertiary/aromatic N) is 2. The summed E-state index contributed by atoms with van der Waals surface area (Å²) in [7, 11) is 3.10. The first-order valence-electron chi connectivity index (χ1n) is 7.15. The third kappa shape index (κ3) is 3.39. The Bertz CT molecular complexity index is 652. The first-order valence-corrected chi connectivity index (χ1v) is 7.15. The summed E-state index contributed by atoms with van der Waals surface area (Å²) in [4.78, 5) is 12.3. The zero-order valence-corrected chi connectivity index (χ0v) is 13.3. The van der Waals surface area contributed by atoms with Crippen molar-refractivity contribution in [1.82, 2.24) is 15.1 Å². The van der Waals surface area contributed by atoms with Crippen molar-refractivity contribution >= 4 is 5.91 Å². The first-order chi connectivity index (χ1) is 10.6. The number of ether oxygens (including phenoxy) is 2. The van der Waals surface area contributed by atoms with Crippen molar-refractivity contribution in [2.75, 3.05) is 14.2 Å². The normalized spacial score (nSPS) is 11.8. The molecule has 0 aliphatic heterocycles. The second-order valence-electron chi connectivity index (χ2n) is 4.86. The fourth-order valence-corrected chi connectivity index (χ4v) is 2.12. The molecular weight excluding hydrogens is 282 g/mol. The topological polar surface area (TPSA) is 65.4 Å². The summed E-state index contributed by atoms with van der Waals surface area (Å²) in [5.41, 5.74) is 1.34. The van der Waals surface area contributed by atoms with E-state index in [9.17, 15) is 4.79 Å². The predicted octanol–water partition coefficient (Wildman–Crippen LogP) is 2.41. The largest absolute Gasteiger partial charge is 0.493 e. The van der Waals surface area contributed by atoms with Crippen molar-refractivity contribution in [3.05, 3.63) is 41.7 Å². The number of nitrogens with one attached hydrogen (secondary N) is 1. The van der Waals surface area contributed by atoms with Crippen LogP contribution >= 0.6 is 0 Å². The fourth-order valence-electron chi connectivity index (χ4n) is 2.12. The quantitative estimate of drug-likeness (QED) is 0.890. The maximum absolute atomic E-state index is 12.3. The third-order valence-corrected chi connectivity index (χ3v) is 3.42. The van der Waals surface area contributed by atoms with Gasteiger partial charge in [0.05, 0.1) is 26.0 Å². The lowest BCUT2D eigenvalue weighted by Crippen LogP contribution is -2.27. The summed E-state index contributed by atoms with van der Waals surface area (Å²) in [6.45, 7) is 4.72. The minimum Gasteiger partial charge on any atom is -0.493 e. The molecule has 1 N–H and O–H groups in total. The lowest BCUT2D eigenvalue weighted by Gasteiger charge is -2.13. The van der Waals surface area contributed by atoms with Crippen LogP contribution in [0.1, 0.15) is 35.9 Å². The third-order valence-electron chi connectivity index (χ3n) is 3.42. The molecule has 0 aliphatic carbocycles. The van der Waals surface area contributed by atoms with Crippen LogP contribution in [0, 0.1) is 0 Å². The SMILES string of the molecule is CCn1ccc(C(C)NC(=O)c2ccc(OC)c(OC)c2)n1. The lowest BCUT2D eigenvalue weighted by atomic mass is 10.1. The molecule has 0 fully saturated rings. The minimum absolute atomic E-state index is 0.173. The molecule has 1 aromatic heterocycles. The van der Waals surface area contributed by atoms with E-state index in [0.29, 0.717) is 17.1 Å². The zero-order chi connectivity index (χ0) is 16.1. The van der Waals surface area contributed by atoms with E-state index in [2.05, 4.69) is 10.4 Å². The summed E-state index contributed by atoms with van der Waals surface area (Å²) in [5, 5.41) is 7.32. The van der Waals surface area contributed by atoms with Crippen molar-refractivity contribution < 1.29 is 14.3 Å². The number of hydrogen-bond acceptors (Lipinski definition) is 4. The molecule has 6 heteroatoms. The maximum atomic E-state index is 12.3. The van der Waals surface area contributed by atoms with E-state index >= 15 is 0 Å². The number of benzene rings is 1. The molecule has 0 saturated heterocycles. The number of hydrogen-bond donors (Lipinski definition) is 1.